The Hall–Kier alpha value is -3.88. The van der Waals surface area contributed by atoms with E-state index in [1.54, 1.807) is 36.4 Å². The normalized spacial score (nSPS) is 11.5. The van der Waals surface area contributed by atoms with Gasteiger partial charge in [0.1, 0.15) is 11.5 Å². The van der Waals surface area contributed by atoms with E-state index < -0.39 is 16.0 Å². The van der Waals surface area contributed by atoms with Gasteiger partial charge in [-0.15, -0.1) is 0 Å². The van der Waals surface area contributed by atoms with E-state index in [-0.39, 0.29) is 10.6 Å². The number of esters is 1. The first-order valence-electron chi connectivity index (χ1n) is 10.1. The van der Waals surface area contributed by atoms with Crippen molar-refractivity contribution in [3.63, 3.8) is 0 Å². The lowest BCUT2D eigenvalue weighted by Gasteiger charge is -2.11. The summed E-state index contributed by atoms with van der Waals surface area (Å²) in [6.07, 6.45) is 1.31. The lowest BCUT2D eigenvalue weighted by molar-refractivity contribution is 0.0734. The van der Waals surface area contributed by atoms with Gasteiger partial charge in [-0.1, -0.05) is 41.9 Å². The summed E-state index contributed by atoms with van der Waals surface area (Å²) < 4.78 is 35.8. The molecule has 0 aromatic heterocycles. The van der Waals surface area contributed by atoms with Crippen LogP contribution in [0.15, 0.2) is 94.9 Å². The monoisotopic (exact) mass is 494 g/mol. The third-order valence-corrected chi connectivity index (χ3v) is 6.44. The quantitative estimate of drug-likeness (QED) is 0.168. The summed E-state index contributed by atoms with van der Waals surface area (Å²) >= 11 is 5.83. The van der Waals surface area contributed by atoms with Crippen molar-refractivity contribution in [2.45, 2.75) is 4.90 Å². The van der Waals surface area contributed by atoms with Crippen molar-refractivity contribution in [3.8, 4) is 11.5 Å². The number of methoxy groups -OCH3 is 1. The summed E-state index contributed by atoms with van der Waals surface area (Å²) in [5, 5.41) is 5.94. The lowest BCUT2D eigenvalue weighted by Crippen LogP contribution is -2.18. The zero-order chi connectivity index (χ0) is 24.1. The second-order valence-electron chi connectivity index (χ2n) is 7.12. The van der Waals surface area contributed by atoms with Crippen LogP contribution in [-0.2, 0) is 10.0 Å². The molecule has 0 heterocycles. The van der Waals surface area contributed by atoms with E-state index in [0.29, 0.717) is 21.9 Å². The van der Waals surface area contributed by atoms with E-state index in [1.165, 1.54) is 37.6 Å². The number of hydrazone groups is 1. The van der Waals surface area contributed by atoms with Crippen LogP contribution in [0, 0.1) is 0 Å². The summed E-state index contributed by atoms with van der Waals surface area (Å²) in [5.41, 5.74) is 0.777. The number of carbonyl (C=O) groups excluding carboxylic acids is 1. The summed E-state index contributed by atoms with van der Waals surface area (Å²) in [5.74, 6) is 0.270. The molecule has 34 heavy (non-hydrogen) atoms. The molecule has 0 bridgehead atoms. The standard InChI is InChI=1S/C25H19ClN2O5S/c1-32-20-11-6-18(7-12-20)25(29)33-24-15-8-17-4-2-3-5-22(17)23(24)16-27-28-34(30,31)21-13-9-19(26)10-14-21/h2-16,28H,1H3. The highest BCUT2D eigenvalue weighted by Crippen LogP contribution is 2.28. The van der Waals surface area contributed by atoms with Crippen LogP contribution in [0.1, 0.15) is 15.9 Å². The van der Waals surface area contributed by atoms with Crippen molar-refractivity contribution >= 4 is 44.6 Å². The first-order valence-corrected chi connectivity index (χ1v) is 11.9. The average Bonchev–Trinajstić information content (AvgIpc) is 2.85. The number of nitrogens with one attached hydrogen (secondary N) is 1. The van der Waals surface area contributed by atoms with Crippen LogP contribution >= 0.6 is 11.6 Å². The van der Waals surface area contributed by atoms with E-state index in [9.17, 15) is 13.2 Å². The number of hydrogen-bond donors (Lipinski definition) is 1. The molecule has 0 saturated carbocycles. The van der Waals surface area contributed by atoms with Gasteiger partial charge in [0, 0.05) is 10.6 Å². The Morgan fingerprint density at radius 3 is 2.35 bits per heavy atom. The minimum absolute atomic E-state index is 0.0122. The van der Waals surface area contributed by atoms with Crippen LogP contribution < -0.4 is 14.3 Å². The van der Waals surface area contributed by atoms with Gasteiger partial charge in [-0.2, -0.15) is 13.5 Å². The molecule has 0 saturated heterocycles. The molecule has 1 N–H and O–H groups in total. The Bertz CT molecular complexity index is 1470. The summed E-state index contributed by atoms with van der Waals surface area (Å²) in [6.45, 7) is 0. The summed E-state index contributed by atoms with van der Waals surface area (Å²) in [6, 6.07) is 23.1. The number of benzene rings is 4. The Kier molecular flexibility index (Phi) is 6.81. The maximum absolute atomic E-state index is 12.7. The van der Waals surface area contributed by atoms with Gasteiger partial charge in [0.05, 0.1) is 23.8 Å². The van der Waals surface area contributed by atoms with E-state index in [0.717, 1.165) is 10.8 Å². The Balaban J connectivity index is 1.64. The highest BCUT2D eigenvalue weighted by molar-refractivity contribution is 7.89. The van der Waals surface area contributed by atoms with Gasteiger partial charge in [-0.25, -0.2) is 9.63 Å². The Morgan fingerprint density at radius 1 is 0.941 bits per heavy atom. The smallest absolute Gasteiger partial charge is 0.343 e. The third kappa shape index (κ3) is 5.19. The minimum Gasteiger partial charge on any atom is -0.497 e. The molecule has 4 aromatic rings. The van der Waals surface area contributed by atoms with Crippen molar-refractivity contribution in [2.24, 2.45) is 5.10 Å². The second kappa shape index (κ2) is 9.94. The van der Waals surface area contributed by atoms with Crippen LogP contribution in [0.25, 0.3) is 10.8 Å². The lowest BCUT2D eigenvalue weighted by atomic mass is 10.0. The van der Waals surface area contributed by atoms with Crippen LogP contribution in [-0.4, -0.2) is 27.7 Å². The maximum atomic E-state index is 12.7. The van der Waals surface area contributed by atoms with Gasteiger partial charge in [-0.3, -0.25) is 0 Å². The number of nitrogens with zero attached hydrogens (tertiary/aromatic N) is 1. The van der Waals surface area contributed by atoms with Crippen LogP contribution in [0.3, 0.4) is 0 Å². The van der Waals surface area contributed by atoms with Crippen molar-refractivity contribution in [3.05, 3.63) is 101 Å². The highest BCUT2D eigenvalue weighted by Gasteiger charge is 2.15. The summed E-state index contributed by atoms with van der Waals surface area (Å²) in [7, 11) is -2.38. The number of carbonyl (C=O) groups is 1. The molecule has 0 fully saturated rings. The van der Waals surface area contributed by atoms with Gasteiger partial charge >= 0.3 is 5.97 Å². The summed E-state index contributed by atoms with van der Waals surface area (Å²) in [4.78, 5) is 14.9. The number of ether oxygens (including phenoxy) is 2. The van der Waals surface area contributed by atoms with E-state index in [4.69, 9.17) is 21.1 Å². The largest absolute Gasteiger partial charge is 0.497 e. The molecule has 7 nitrogen and oxygen atoms in total. The van der Waals surface area contributed by atoms with Gasteiger partial charge in [0.2, 0.25) is 0 Å². The fourth-order valence-electron chi connectivity index (χ4n) is 3.21. The first-order chi connectivity index (χ1) is 16.4. The zero-order valence-electron chi connectivity index (χ0n) is 17.9. The average molecular weight is 495 g/mol. The number of rotatable bonds is 7. The van der Waals surface area contributed by atoms with Crippen molar-refractivity contribution in [1.82, 2.24) is 4.83 Å². The fraction of sp³-hybridized carbons (Fsp3) is 0.0400. The molecule has 0 radical (unpaired) electrons. The molecule has 172 valence electrons. The van der Waals surface area contributed by atoms with Crippen molar-refractivity contribution in [1.29, 1.82) is 0 Å². The number of hydrogen-bond acceptors (Lipinski definition) is 6. The van der Waals surface area contributed by atoms with Gasteiger partial charge in [-0.05, 0) is 65.4 Å². The number of sulfonamides is 1. The number of halogens is 1. The first kappa shape index (κ1) is 23.3. The highest BCUT2D eigenvalue weighted by atomic mass is 35.5. The van der Waals surface area contributed by atoms with E-state index >= 15 is 0 Å². The van der Waals surface area contributed by atoms with Crippen LogP contribution in [0.5, 0.6) is 11.5 Å². The van der Waals surface area contributed by atoms with Crippen molar-refractivity contribution < 1.29 is 22.7 Å². The molecule has 0 aliphatic rings. The van der Waals surface area contributed by atoms with Crippen LogP contribution in [0.4, 0.5) is 0 Å². The molecule has 4 aromatic carbocycles. The minimum atomic E-state index is -3.91. The second-order valence-corrected chi connectivity index (χ2v) is 9.22. The molecule has 9 heteroatoms. The van der Waals surface area contributed by atoms with Gasteiger partial charge < -0.3 is 9.47 Å². The molecule has 0 aliphatic heterocycles. The topological polar surface area (TPSA) is 94.1 Å². The van der Waals surface area contributed by atoms with Crippen molar-refractivity contribution in [2.75, 3.05) is 7.11 Å². The molecule has 0 unspecified atom stereocenters. The molecule has 4 rings (SSSR count). The molecule has 0 amide bonds. The number of fused-ring (bicyclic) bond motifs is 1. The van der Waals surface area contributed by atoms with E-state index in [1.807, 2.05) is 24.3 Å². The van der Waals surface area contributed by atoms with Gasteiger partial charge in [0.25, 0.3) is 10.0 Å². The predicted molar refractivity (Wildman–Crippen MR) is 131 cm³/mol. The SMILES string of the molecule is COc1ccc(C(=O)Oc2ccc3ccccc3c2C=NNS(=O)(=O)c2ccc(Cl)cc2)cc1. The van der Waals surface area contributed by atoms with Gasteiger partial charge in [0.15, 0.2) is 0 Å². The maximum Gasteiger partial charge on any atom is 0.343 e. The Morgan fingerprint density at radius 2 is 1.65 bits per heavy atom. The molecule has 0 aliphatic carbocycles. The fourth-order valence-corrected chi connectivity index (χ4v) is 4.13. The predicted octanol–water partition coefficient (Wildman–Crippen LogP) is 5.03. The third-order valence-electron chi connectivity index (χ3n) is 4.95. The zero-order valence-corrected chi connectivity index (χ0v) is 19.5. The molecular weight excluding hydrogens is 476 g/mol. The Labute approximate surface area is 201 Å². The van der Waals surface area contributed by atoms with E-state index in [2.05, 4.69) is 9.93 Å². The van der Waals surface area contributed by atoms with Crippen LogP contribution in [0.2, 0.25) is 5.02 Å². The molecular formula is C25H19ClN2O5S. The molecule has 0 spiro atoms. The molecule has 0 atom stereocenters.